The van der Waals surface area contributed by atoms with Crippen LogP contribution in [-0.2, 0) is 4.79 Å². The molecular formula is C21H18FN3O2S. The van der Waals surface area contributed by atoms with Crippen LogP contribution in [0, 0.1) is 17.1 Å². The van der Waals surface area contributed by atoms with Crippen LogP contribution in [0.1, 0.15) is 17.9 Å². The summed E-state index contributed by atoms with van der Waals surface area (Å²) >= 11 is 1.40. The van der Waals surface area contributed by atoms with E-state index >= 15 is 0 Å². The van der Waals surface area contributed by atoms with Gasteiger partial charge in [0.25, 0.3) is 0 Å². The number of hydrogen-bond acceptors (Lipinski definition) is 5. The molecular weight excluding hydrogens is 377 g/mol. The van der Waals surface area contributed by atoms with Crippen molar-refractivity contribution in [3.05, 3.63) is 70.5 Å². The maximum absolute atomic E-state index is 14.2. The van der Waals surface area contributed by atoms with Gasteiger partial charge >= 0.3 is 0 Å². The molecule has 0 aromatic heterocycles. The molecule has 7 heteroatoms. The van der Waals surface area contributed by atoms with Crippen LogP contribution < -0.4 is 9.64 Å². The van der Waals surface area contributed by atoms with E-state index in [1.807, 2.05) is 29.2 Å². The fourth-order valence-electron chi connectivity index (χ4n) is 3.54. The van der Waals surface area contributed by atoms with E-state index in [0.717, 1.165) is 11.3 Å². The monoisotopic (exact) mass is 395 g/mol. The number of carbonyl (C=O) groups is 1. The van der Waals surface area contributed by atoms with Crippen LogP contribution >= 0.6 is 11.8 Å². The highest BCUT2D eigenvalue weighted by Gasteiger charge is 2.38. The molecule has 0 N–H and O–H groups in total. The summed E-state index contributed by atoms with van der Waals surface area (Å²) in [5.41, 5.74) is 1.95. The maximum Gasteiger partial charge on any atom is 0.229 e. The van der Waals surface area contributed by atoms with Gasteiger partial charge in [0, 0.05) is 12.3 Å². The second-order valence-corrected chi connectivity index (χ2v) is 7.52. The molecule has 4 rings (SSSR count). The van der Waals surface area contributed by atoms with Crippen molar-refractivity contribution in [1.29, 1.82) is 5.26 Å². The van der Waals surface area contributed by atoms with Gasteiger partial charge in [-0.1, -0.05) is 36.0 Å². The fourth-order valence-corrected chi connectivity index (χ4v) is 4.70. The first-order valence-corrected chi connectivity index (χ1v) is 9.81. The van der Waals surface area contributed by atoms with Crippen molar-refractivity contribution < 1.29 is 13.9 Å². The highest BCUT2D eigenvalue weighted by atomic mass is 32.2. The van der Waals surface area contributed by atoms with Gasteiger partial charge in [0.1, 0.15) is 11.6 Å². The van der Waals surface area contributed by atoms with E-state index in [1.165, 1.54) is 17.8 Å². The summed E-state index contributed by atoms with van der Waals surface area (Å²) in [5.74, 6) is 0.536. The number of allylic oxidation sites excluding steroid dienone is 1. The number of amides is 1. The number of hydrogen-bond donors (Lipinski definition) is 0. The van der Waals surface area contributed by atoms with E-state index in [4.69, 9.17) is 4.74 Å². The van der Waals surface area contributed by atoms with Crippen LogP contribution in [0.3, 0.4) is 0 Å². The van der Waals surface area contributed by atoms with Crippen LogP contribution in [0.25, 0.3) is 0 Å². The zero-order chi connectivity index (χ0) is 19.7. The first kappa shape index (κ1) is 18.4. The summed E-state index contributed by atoms with van der Waals surface area (Å²) in [6, 6.07) is 16.3. The van der Waals surface area contributed by atoms with Gasteiger partial charge in [-0.2, -0.15) is 5.26 Å². The average molecular weight is 395 g/mol. The number of fused-ring (bicyclic) bond motifs is 1. The van der Waals surface area contributed by atoms with E-state index in [9.17, 15) is 14.4 Å². The van der Waals surface area contributed by atoms with Crippen LogP contribution in [0.4, 0.5) is 10.1 Å². The normalized spacial score (nSPS) is 19.3. The SMILES string of the molecule is COc1ccc(C2CC(=O)N3CN(c4ccccc4F)CSC3=C2C#N)cc1. The Morgan fingerprint density at radius 2 is 1.96 bits per heavy atom. The molecule has 0 bridgehead atoms. The molecule has 0 aliphatic carbocycles. The highest BCUT2D eigenvalue weighted by molar-refractivity contribution is 8.03. The van der Waals surface area contributed by atoms with Crippen molar-refractivity contribution >= 4 is 23.4 Å². The number of benzene rings is 2. The number of nitriles is 1. The molecule has 2 aromatic rings. The Bertz CT molecular complexity index is 984. The van der Waals surface area contributed by atoms with Crippen molar-refractivity contribution in [3.8, 4) is 11.8 Å². The average Bonchev–Trinajstić information content (AvgIpc) is 2.74. The lowest BCUT2D eigenvalue weighted by Gasteiger charge is -2.42. The van der Waals surface area contributed by atoms with E-state index in [2.05, 4.69) is 6.07 Å². The predicted molar refractivity (Wildman–Crippen MR) is 106 cm³/mol. The van der Waals surface area contributed by atoms with Crippen LogP contribution in [0.2, 0.25) is 0 Å². The number of ether oxygens (including phenoxy) is 1. The summed E-state index contributed by atoms with van der Waals surface area (Å²) in [7, 11) is 1.60. The van der Waals surface area contributed by atoms with Crippen molar-refractivity contribution in [2.75, 3.05) is 24.6 Å². The molecule has 5 nitrogen and oxygen atoms in total. The number of halogens is 1. The summed E-state index contributed by atoms with van der Waals surface area (Å²) in [6.45, 7) is 0.239. The molecule has 0 saturated carbocycles. The van der Waals surface area contributed by atoms with E-state index in [0.29, 0.717) is 22.2 Å². The Kier molecular flexibility index (Phi) is 4.97. The molecule has 28 heavy (non-hydrogen) atoms. The summed E-state index contributed by atoms with van der Waals surface area (Å²) in [5, 5.41) is 10.5. The number of carbonyl (C=O) groups excluding carboxylic acids is 1. The van der Waals surface area contributed by atoms with Crippen LogP contribution in [0.15, 0.2) is 59.1 Å². The van der Waals surface area contributed by atoms with Gasteiger partial charge in [-0.05, 0) is 29.8 Å². The van der Waals surface area contributed by atoms with Gasteiger partial charge in [0.2, 0.25) is 5.91 Å². The predicted octanol–water partition coefficient (Wildman–Crippen LogP) is 4.05. The topological polar surface area (TPSA) is 56.6 Å². The smallest absolute Gasteiger partial charge is 0.229 e. The minimum Gasteiger partial charge on any atom is -0.497 e. The summed E-state index contributed by atoms with van der Waals surface area (Å²) in [6.07, 6.45) is 0.213. The van der Waals surface area contributed by atoms with E-state index in [-0.39, 0.29) is 30.7 Å². The largest absolute Gasteiger partial charge is 0.497 e. The molecule has 1 unspecified atom stereocenters. The van der Waals surface area contributed by atoms with Crippen molar-refractivity contribution in [2.45, 2.75) is 12.3 Å². The van der Waals surface area contributed by atoms with Crippen LogP contribution in [-0.4, -0.2) is 30.5 Å². The minimum absolute atomic E-state index is 0.0663. The molecule has 2 heterocycles. The molecule has 0 spiro atoms. The Morgan fingerprint density at radius 3 is 2.64 bits per heavy atom. The summed E-state index contributed by atoms with van der Waals surface area (Å²) in [4.78, 5) is 16.3. The highest BCUT2D eigenvalue weighted by Crippen LogP contribution is 2.43. The minimum atomic E-state index is -0.323. The number of methoxy groups -OCH3 is 1. The quantitative estimate of drug-likeness (QED) is 0.785. The lowest BCUT2D eigenvalue weighted by atomic mass is 9.86. The Balaban J connectivity index is 1.66. The standard InChI is InChI=1S/C21H18FN3O2S/c1-27-15-8-6-14(7-9-15)16-10-20(26)25-12-24(13-28-21(25)17(16)11-23)19-5-3-2-4-18(19)22/h2-9,16H,10,12-13H2,1H3. The zero-order valence-corrected chi connectivity index (χ0v) is 16.1. The Hall–Kier alpha value is -2.98. The van der Waals surface area contributed by atoms with Crippen molar-refractivity contribution in [3.63, 3.8) is 0 Å². The number of rotatable bonds is 3. The van der Waals surface area contributed by atoms with E-state index < -0.39 is 0 Å². The lowest BCUT2D eigenvalue weighted by molar-refractivity contribution is -0.129. The molecule has 0 radical (unpaired) electrons. The van der Waals surface area contributed by atoms with Crippen molar-refractivity contribution in [2.24, 2.45) is 0 Å². The van der Waals surface area contributed by atoms with Crippen molar-refractivity contribution in [1.82, 2.24) is 4.90 Å². The first-order chi connectivity index (χ1) is 13.6. The molecule has 1 amide bonds. The second kappa shape index (κ2) is 7.56. The molecule has 2 aliphatic heterocycles. The molecule has 2 aromatic carbocycles. The number of nitrogens with zero attached hydrogens (tertiary/aromatic N) is 3. The molecule has 2 aliphatic rings. The zero-order valence-electron chi connectivity index (χ0n) is 15.3. The van der Waals surface area contributed by atoms with Gasteiger partial charge in [0.15, 0.2) is 0 Å². The van der Waals surface area contributed by atoms with Gasteiger partial charge in [0.05, 0.1) is 42.0 Å². The van der Waals surface area contributed by atoms with E-state index in [1.54, 1.807) is 30.2 Å². The Labute approximate surface area is 167 Å². The van der Waals surface area contributed by atoms with Gasteiger partial charge in [-0.15, -0.1) is 0 Å². The maximum atomic E-state index is 14.2. The number of anilines is 1. The third kappa shape index (κ3) is 3.20. The number of para-hydroxylation sites is 1. The Morgan fingerprint density at radius 1 is 1.21 bits per heavy atom. The molecule has 142 valence electrons. The molecule has 1 fully saturated rings. The fraction of sp³-hybridized carbons (Fsp3) is 0.238. The van der Waals surface area contributed by atoms with Crippen LogP contribution in [0.5, 0.6) is 5.75 Å². The van der Waals surface area contributed by atoms with Gasteiger partial charge in [-0.3, -0.25) is 9.69 Å². The first-order valence-electron chi connectivity index (χ1n) is 8.83. The summed E-state index contributed by atoms with van der Waals surface area (Å²) < 4.78 is 19.3. The molecule has 1 saturated heterocycles. The molecule has 1 atom stereocenters. The van der Waals surface area contributed by atoms with Gasteiger partial charge in [-0.25, -0.2) is 4.39 Å². The lowest BCUT2D eigenvalue weighted by Crippen LogP contribution is -2.47. The second-order valence-electron chi connectivity index (χ2n) is 6.59. The third-order valence-electron chi connectivity index (χ3n) is 5.00. The van der Waals surface area contributed by atoms with Gasteiger partial charge < -0.3 is 9.64 Å². The number of thioether (sulfide) groups is 1. The third-order valence-corrected chi connectivity index (χ3v) is 6.16.